The van der Waals surface area contributed by atoms with Crippen molar-refractivity contribution in [3.63, 3.8) is 0 Å². The Morgan fingerprint density at radius 3 is 2.50 bits per heavy atom. The van der Waals surface area contributed by atoms with E-state index in [1.54, 1.807) is 29.2 Å². The molecule has 4 rings (SSSR count). The number of carbonyl (C=O) groups excluding carboxylic acids is 2. The van der Waals surface area contributed by atoms with Crippen LogP contribution in [0.15, 0.2) is 66.7 Å². The van der Waals surface area contributed by atoms with Crippen molar-refractivity contribution >= 4 is 23.2 Å². The van der Waals surface area contributed by atoms with E-state index in [4.69, 9.17) is 0 Å². The smallest absolute Gasteiger partial charge is 0.258 e. The fraction of sp³-hybridized carbons (Fsp3) is 0.167. The minimum Gasteiger partial charge on any atom is -0.322 e. The summed E-state index contributed by atoms with van der Waals surface area (Å²) in [5.41, 5.74) is 6.06. The van der Waals surface area contributed by atoms with E-state index < -0.39 is 0 Å². The Morgan fingerprint density at radius 1 is 0.893 bits per heavy atom. The summed E-state index contributed by atoms with van der Waals surface area (Å²) in [6.45, 7) is 4.65. The second-order valence-corrected chi connectivity index (χ2v) is 7.19. The first-order valence-electron chi connectivity index (χ1n) is 9.41. The van der Waals surface area contributed by atoms with Crippen molar-refractivity contribution in [2.24, 2.45) is 0 Å². The van der Waals surface area contributed by atoms with E-state index in [1.807, 2.05) is 50.2 Å². The summed E-state index contributed by atoms with van der Waals surface area (Å²) in [6.07, 6.45) is 0.856. The summed E-state index contributed by atoms with van der Waals surface area (Å²) in [6, 6.07) is 20.8. The number of benzene rings is 3. The topological polar surface area (TPSA) is 49.4 Å². The first-order chi connectivity index (χ1) is 13.5. The summed E-state index contributed by atoms with van der Waals surface area (Å²) in [5, 5.41) is 2.94. The number of hydrogen-bond donors (Lipinski definition) is 1. The molecule has 1 aliphatic heterocycles. The third-order valence-electron chi connectivity index (χ3n) is 5.13. The summed E-state index contributed by atoms with van der Waals surface area (Å²) in [5.74, 6) is -0.297. The van der Waals surface area contributed by atoms with Crippen LogP contribution in [0.25, 0.3) is 0 Å². The monoisotopic (exact) mass is 370 g/mol. The van der Waals surface area contributed by atoms with Crippen molar-refractivity contribution < 1.29 is 9.59 Å². The third-order valence-corrected chi connectivity index (χ3v) is 5.13. The Labute approximate surface area is 164 Å². The zero-order chi connectivity index (χ0) is 19.7. The Bertz CT molecular complexity index is 1070. The molecule has 0 radical (unpaired) electrons. The minimum absolute atomic E-state index is 0.0777. The zero-order valence-corrected chi connectivity index (χ0v) is 16.0. The molecule has 3 aromatic rings. The lowest BCUT2D eigenvalue weighted by Gasteiger charge is -2.18. The van der Waals surface area contributed by atoms with E-state index in [-0.39, 0.29) is 11.8 Å². The fourth-order valence-corrected chi connectivity index (χ4v) is 3.65. The predicted molar refractivity (Wildman–Crippen MR) is 112 cm³/mol. The highest BCUT2D eigenvalue weighted by Gasteiger charge is 2.25. The van der Waals surface area contributed by atoms with E-state index in [9.17, 15) is 9.59 Å². The Balaban J connectivity index is 1.56. The van der Waals surface area contributed by atoms with Crippen LogP contribution >= 0.6 is 0 Å². The van der Waals surface area contributed by atoms with Gasteiger partial charge in [-0.3, -0.25) is 9.59 Å². The molecule has 1 N–H and O–H groups in total. The summed E-state index contributed by atoms with van der Waals surface area (Å²) >= 11 is 0. The molecule has 0 saturated heterocycles. The number of carbonyl (C=O) groups is 2. The van der Waals surface area contributed by atoms with Gasteiger partial charge in [0.25, 0.3) is 11.8 Å². The van der Waals surface area contributed by atoms with E-state index in [2.05, 4.69) is 11.4 Å². The molecule has 0 aliphatic carbocycles. The molecule has 2 amide bonds. The molecule has 28 heavy (non-hydrogen) atoms. The number of hydrogen-bond acceptors (Lipinski definition) is 2. The van der Waals surface area contributed by atoms with E-state index in [0.29, 0.717) is 17.7 Å². The van der Waals surface area contributed by atoms with Crippen molar-refractivity contribution in [1.29, 1.82) is 0 Å². The molecule has 0 bridgehead atoms. The van der Waals surface area contributed by atoms with Crippen LogP contribution < -0.4 is 10.2 Å². The van der Waals surface area contributed by atoms with Gasteiger partial charge in [-0.2, -0.15) is 0 Å². The minimum atomic E-state index is -0.219. The van der Waals surface area contributed by atoms with Gasteiger partial charge in [0.15, 0.2) is 0 Å². The highest BCUT2D eigenvalue weighted by Crippen LogP contribution is 2.29. The predicted octanol–water partition coefficient (Wildman–Crippen LogP) is 4.76. The first kappa shape index (κ1) is 18.0. The van der Waals surface area contributed by atoms with Gasteiger partial charge in [-0.25, -0.2) is 0 Å². The maximum atomic E-state index is 13.0. The molecule has 4 nitrogen and oxygen atoms in total. The highest BCUT2D eigenvalue weighted by atomic mass is 16.2. The molecule has 0 spiro atoms. The number of rotatable bonds is 3. The van der Waals surface area contributed by atoms with Crippen LogP contribution in [0.3, 0.4) is 0 Å². The van der Waals surface area contributed by atoms with E-state index in [1.165, 1.54) is 5.56 Å². The standard InChI is InChI=1S/C24H22N2O2/c1-16-10-11-21(17(2)14-16)25-23(27)19-7-5-8-20(15-19)24(28)26-13-12-18-6-3-4-9-22(18)26/h3-11,14-15H,12-13H2,1-2H3,(H,25,27). The number of anilines is 2. The van der Waals surface area contributed by atoms with Crippen molar-refractivity contribution in [3.8, 4) is 0 Å². The lowest BCUT2D eigenvalue weighted by molar-refractivity contribution is 0.0989. The van der Waals surface area contributed by atoms with Gasteiger partial charge in [0.2, 0.25) is 0 Å². The molecule has 3 aromatic carbocycles. The maximum Gasteiger partial charge on any atom is 0.258 e. The quantitative estimate of drug-likeness (QED) is 0.723. The first-order valence-corrected chi connectivity index (χ1v) is 9.41. The summed E-state index contributed by atoms with van der Waals surface area (Å²) < 4.78 is 0. The molecule has 1 heterocycles. The second-order valence-electron chi connectivity index (χ2n) is 7.19. The van der Waals surface area contributed by atoms with Crippen LogP contribution in [-0.4, -0.2) is 18.4 Å². The molecule has 0 unspecified atom stereocenters. The molecule has 0 aromatic heterocycles. The van der Waals surface area contributed by atoms with Crippen LogP contribution in [0.4, 0.5) is 11.4 Å². The lowest BCUT2D eigenvalue weighted by atomic mass is 10.1. The summed E-state index contributed by atoms with van der Waals surface area (Å²) in [4.78, 5) is 27.5. The van der Waals surface area contributed by atoms with Crippen molar-refractivity contribution in [1.82, 2.24) is 0 Å². The average molecular weight is 370 g/mol. The number of nitrogens with zero attached hydrogens (tertiary/aromatic N) is 1. The zero-order valence-electron chi connectivity index (χ0n) is 16.0. The van der Waals surface area contributed by atoms with E-state index >= 15 is 0 Å². The van der Waals surface area contributed by atoms with Gasteiger partial charge in [0.05, 0.1) is 0 Å². The highest BCUT2D eigenvalue weighted by molar-refractivity contribution is 6.10. The van der Waals surface area contributed by atoms with Crippen LogP contribution in [0.5, 0.6) is 0 Å². The lowest BCUT2D eigenvalue weighted by Crippen LogP contribution is -2.29. The number of amides is 2. The van der Waals surface area contributed by atoms with Gasteiger partial charge in [-0.15, -0.1) is 0 Å². The van der Waals surface area contributed by atoms with Gasteiger partial charge in [-0.05, 0) is 61.7 Å². The Morgan fingerprint density at radius 2 is 1.68 bits per heavy atom. The number of para-hydroxylation sites is 1. The van der Waals surface area contributed by atoms with Gasteiger partial charge < -0.3 is 10.2 Å². The molecule has 1 aliphatic rings. The van der Waals surface area contributed by atoms with Gasteiger partial charge in [0, 0.05) is 29.0 Å². The average Bonchev–Trinajstić information content (AvgIpc) is 3.14. The van der Waals surface area contributed by atoms with Crippen molar-refractivity contribution in [2.75, 3.05) is 16.8 Å². The van der Waals surface area contributed by atoms with Crippen LogP contribution in [0.1, 0.15) is 37.4 Å². The molecule has 0 saturated carbocycles. The largest absolute Gasteiger partial charge is 0.322 e. The van der Waals surface area contributed by atoms with Gasteiger partial charge in [0.1, 0.15) is 0 Å². The molecule has 0 fully saturated rings. The number of fused-ring (bicyclic) bond motifs is 1. The molecule has 140 valence electrons. The third kappa shape index (κ3) is 3.41. The fourth-order valence-electron chi connectivity index (χ4n) is 3.65. The molecular formula is C24H22N2O2. The van der Waals surface area contributed by atoms with Crippen LogP contribution in [0.2, 0.25) is 0 Å². The van der Waals surface area contributed by atoms with Gasteiger partial charge in [-0.1, -0.05) is 42.0 Å². The van der Waals surface area contributed by atoms with Crippen molar-refractivity contribution in [2.45, 2.75) is 20.3 Å². The number of nitrogens with one attached hydrogen (secondary N) is 1. The normalized spacial score (nSPS) is 12.6. The Kier molecular flexibility index (Phi) is 4.70. The SMILES string of the molecule is Cc1ccc(NC(=O)c2cccc(C(=O)N3CCc4ccccc43)c2)c(C)c1. The maximum absolute atomic E-state index is 13.0. The molecular weight excluding hydrogens is 348 g/mol. The van der Waals surface area contributed by atoms with Crippen LogP contribution in [0, 0.1) is 13.8 Å². The van der Waals surface area contributed by atoms with Gasteiger partial charge >= 0.3 is 0 Å². The van der Waals surface area contributed by atoms with E-state index in [0.717, 1.165) is 28.9 Å². The molecule has 0 atom stereocenters. The van der Waals surface area contributed by atoms with Crippen LogP contribution in [-0.2, 0) is 6.42 Å². The molecule has 4 heteroatoms. The summed E-state index contributed by atoms with van der Waals surface area (Å²) in [7, 11) is 0. The van der Waals surface area contributed by atoms with Crippen molar-refractivity contribution in [3.05, 3.63) is 94.5 Å². The second kappa shape index (κ2) is 7.31. The Hall–Kier alpha value is -3.40. The number of aryl methyl sites for hydroxylation is 2.